The maximum atomic E-state index is 12.4. The lowest BCUT2D eigenvalue weighted by molar-refractivity contribution is -0.118. The maximum Gasteiger partial charge on any atom is 0.387 e. The third kappa shape index (κ3) is 4.42. The Morgan fingerprint density at radius 1 is 1.19 bits per heavy atom. The van der Waals surface area contributed by atoms with Gasteiger partial charge in [-0.1, -0.05) is 28.1 Å². The summed E-state index contributed by atoms with van der Waals surface area (Å²) < 4.78 is 35.5. The number of fused-ring (bicyclic) bond motifs is 1. The smallest absolute Gasteiger partial charge is 0.387 e. The molecule has 2 aromatic carbocycles. The Morgan fingerprint density at radius 3 is 2.81 bits per heavy atom. The average Bonchev–Trinajstić information content (AvgIpc) is 2.61. The predicted molar refractivity (Wildman–Crippen MR) is 94.4 cm³/mol. The van der Waals surface area contributed by atoms with Gasteiger partial charge in [-0.05, 0) is 30.3 Å². The Labute approximate surface area is 155 Å². The van der Waals surface area contributed by atoms with Crippen molar-refractivity contribution in [3.63, 3.8) is 0 Å². The molecule has 0 fully saturated rings. The number of carbonyl (C=O) groups excluding carboxylic acids is 1. The molecule has 6 nitrogen and oxygen atoms in total. The van der Waals surface area contributed by atoms with Crippen molar-refractivity contribution >= 4 is 38.4 Å². The van der Waals surface area contributed by atoms with Gasteiger partial charge in [0, 0.05) is 4.47 Å². The number of halogens is 3. The van der Waals surface area contributed by atoms with E-state index < -0.39 is 12.5 Å². The van der Waals surface area contributed by atoms with Crippen LogP contribution in [0.5, 0.6) is 11.6 Å². The average molecular weight is 424 g/mol. The fourth-order valence-corrected chi connectivity index (χ4v) is 2.57. The lowest BCUT2D eigenvalue weighted by Gasteiger charge is -2.12. The molecule has 0 aliphatic carbocycles. The number of nitrogens with zero attached hydrogens (tertiary/aromatic N) is 2. The van der Waals surface area contributed by atoms with E-state index in [4.69, 9.17) is 4.74 Å². The molecule has 0 saturated heterocycles. The molecule has 1 heterocycles. The number of para-hydroxylation sites is 2. The number of nitrogens with one attached hydrogen (secondary N) is 1. The summed E-state index contributed by atoms with van der Waals surface area (Å²) in [5.74, 6) is -0.437. The van der Waals surface area contributed by atoms with Crippen molar-refractivity contribution in [3.8, 4) is 11.6 Å². The van der Waals surface area contributed by atoms with E-state index in [1.165, 1.54) is 24.5 Å². The summed E-state index contributed by atoms with van der Waals surface area (Å²) in [6, 6.07) is 11.3. The van der Waals surface area contributed by atoms with E-state index in [2.05, 4.69) is 36.0 Å². The van der Waals surface area contributed by atoms with Crippen molar-refractivity contribution in [3.05, 3.63) is 53.3 Å². The van der Waals surface area contributed by atoms with E-state index in [0.29, 0.717) is 10.9 Å². The largest absolute Gasteiger partial charge is 0.467 e. The van der Waals surface area contributed by atoms with Gasteiger partial charge >= 0.3 is 6.61 Å². The van der Waals surface area contributed by atoms with Crippen LogP contribution >= 0.6 is 15.9 Å². The van der Waals surface area contributed by atoms with Crippen LogP contribution in [0.1, 0.15) is 0 Å². The zero-order valence-corrected chi connectivity index (χ0v) is 14.7. The number of aromatic nitrogens is 2. The molecule has 0 spiro atoms. The van der Waals surface area contributed by atoms with Crippen molar-refractivity contribution < 1.29 is 23.0 Å². The van der Waals surface area contributed by atoms with Crippen LogP contribution in [0.15, 0.2) is 53.3 Å². The number of hydrogen-bond acceptors (Lipinski definition) is 5. The number of anilines is 1. The van der Waals surface area contributed by atoms with Crippen LogP contribution in [0.25, 0.3) is 10.9 Å². The normalized spacial score (nSPS) is 10.8. The van der Waals surface area contributed by atoms with Gasteiger partial charge in [0.2, 0.25) is 5.88 Å². The summed E-state index contributed by atoms with van der Waals surface area (Å²) in [4.78, 5) is 20.2. The van der Waals surface area contributed by atoms with Gasteiger partial charge in [-0.15, -0.1) is 0 Å². The molecule has 3 aromatic rings. The number of alkyl halides is 2. The molecule has 1 amide bonds. The zero-order chi connectivity index (χ0) is 18.5. The highest BCUT2D eigenvalue weighted by atomic mass is 79.9. The van der Waals surface area contributed by atoms with Crippen LogP contribution in [-0.2, 0) is 4.79 Å². The number of rotatable bonds is 6. The quantitative estimate of drug-likeness (QED) is 0.648. The maximum absolute atomic E-state index is 12.4. The number of carbonyl (C=O) groups is 1. The molecule has 1 aromatic heterocycles. The van der Waals surface area contributed by atoms with E-state index in [1.54, 1.807) is 18.2 Å². The van der Waals surface area contributed by atoms with Gasteiger partial charge in [-0.25, -0.2) is 9.97 Å². The van der Waals surface area contributed by atoms with Crippen molar-refractivity contribution in [2.24, 2.45) is 0 Å². The molecule has 0 radical (unpaired) electrons. The minimum absolute atomic E-state index is 0.122. The summed E-state index contributed by atoms with van der Waals surface area (Å²) in [5, 5.41) is 3.11. The molecule has 134 valence electrons. The number of hydrogen-bond donors (Lipinski definition) is 1. The molecule has 0 aliphatic heterocycles. The second-order valence-electron chi connectivity index (χ2n) is 5.05. The van der Waals surface area contributed by atoms with Crippen molar-refractivity contribution in [2.45, 2.75) is 6.61 Å². The number of amides is 1. The lowest BCUT2D eigenvalue weighted by atomic mass is 10.2. The standard InChI is InChI=1S/C17H12BrF2N3O3/c18-10-5-6-12-11(7-10)16(22-9-21-12)25-8-15(24)23-13-3-1-2-4-14(13)26-17(19)20/h1-7,9,17H,8H2,(H,23,24). The Bertz CT molecular complexity index is 940. The SMILES string of the molecule is O=C(COc1ncnc2ccc(Br)cc12)Nc1ccccc1OC(F)F. The van der Waals surface area contributed by atoms with E-state index in [1.807, 2.05) is 6.07 Å². The Balaban J connectivity index is 1.70. The van der Waals surface area contributed by atoms with Crippen LogP contribution in [0, 0.1) is 0 Å². The van der Waals surface area contributed by atoms with Gasteiger partial charge in [-0.3, -0.25) is 4.79 Å². The van der Waals surface area contributed by atoms with Gasteiger partial charge in [0.05, 0.1) is 16.6 Å². The van der Waals surface area contributed by atoms with Crippen molar-refractivity contribution in [1.29, 1.82) is 0 Å². The highest BCUT2D eigenvalue weighted by Gasteiger charge is 2.13. The predicted octanol–water partition coefficient (Wildman–Crippen LogP) is 4.01. The molecule has 26 heavy (non-hydrogen) atoms. The Hall–Kier alpha value is -2.81. The van der Waals surface area contributed by atoms with E-state index >= 15 is 0 Å². The monoisotopic (exact) mass is 423 g/mol. The van der Waals surface area contributed by atoms with Gasteiger partial charge < -0.3 is 14.8 Å². The zero-order valence-electron chi connectivity index (χ0n) is 13.2. The molecular weight excluding hydrogens is 412 g/mol. The second kappa shape index (κ2) is 8.05. The Kier molecular flexibility index (Phi) is 5.57. The molecule has 0 aliphatic rings. The summed E-state index contributed by atoms with van der Waals surface area (Å²) >= 11 is 3.35. The third-order valence-corrected chi connectivity index (χ3v) is 3.77. The fourth-order valence-electron chi connectivity index (χ4n) is 2.21. The van der Waals surface area contributed by atoms with Crippen molar-refractivity contribution in [2.75, 3.05) is 11.9 Å². The number of ether oxygens (including phenoxy) is 2. The molecule has 0 saturated carbocycles. The van der Waals surface area contributed by atoms with Gasteiger partial charge in [0.25, 0.3) is 5.91 Å². The van der Waals surface area contributed by atoms with Crippen molar-refractivity contribution in [1.82, 2.24) is 9.97 Å². The van der Waals surface area contributed by atoms with E-state index in [0.717, 1.165) is 4.47 Å². The van der Waals surface area contributed by atoms with Crippen LogP contribution in [0.2, 0.25) is 0 Å². The number of benzene rings is 2. The first-order valence-electron chi connectivity index (χ1n) is 7.39. The summed E-state index contributed by atoms with van der Waals surface area (Å²) in [6.45, 7) is -3.35. The van der Waals surface area contributed by atoms with Crippen LogP contribution < -0.4 is 14.8 Å². The van der Waals surface area contributed by atoms with Gasteiger partial charge in [-0.2, -0.15) is 8.78 Å². The van der Waals surface area contributed by atoms with Crippen LogP contribution in [-0.4, -0.2) is 29.1 Å². The molecular formula is C17H12BrF2N3O3. The summed E-state index contributed by atoms with van der Waals surface area (Å²) in [6.07, 6.45) is 1.33. The topological polar surface area (TPSA) is 73.3 Å². The minimum Gasteiger partial charge on any atom is -0.467 e. The van der Waals surface area contributed by atoms with Crippen LogP contribution in [0.3, 0.4) is 0 Å². The second-order valence-corrected chi connectivity index (χ2v) is 5.97. The molecule has 0 bridgehead atoms. The van der Waals surface area contributed by atoms with E-state index in [-0.39, 0.29) is 23.9 Å². The molecule has 1 N–H and O–H groups in total. The Morgan fingerprint density at radius 2 is 2.00 bits per heavy atom. The highest BCUT2D eigenvalue weighted by Crippen LogP contribution is 2.26. The van der Waals surface area contributed by atoms with E-state index in [9.17, 15) is 13.6 Å². The lowest BCUT2D eigenvalue weighted by Crippen LogP contribution is -2.21. The van der Waals surface area contributed by atoms with Gasteiger partial charge in [0.15, 0.2) is 6.61 Å². The molecule has 0 unspecified atom stereocenters. The summed E-state index contributed by atoms with van der Waals surface area (Å²) in [5.41, 5.74) is 0.783. The molecule has 0 atom stereocenters. The van der Waals surface area contributed by atoms with Crippen LogP contribution in [0.4, 0.5) is 14.5 Å². The molecule has 9 heteroatoms. The van der Waals surface area contributed by atoms with Gasteiger partial charge in [0.1, 0.15) is 12.1 Å². The fraction of sp³-hybridized carbons (Fsp3) is 0.118. The third-order valence-electron chi connectivity index (χ3n) is 3.28. The first-order valence-corrected chi connectivity index (χ1v) is 8.19. The highest BCUT2D eigenvalue weighted by molar-refractivity contribution is 9.10. The minimum atomic E-state index is -2.99. The molecule has 3 rings (SSSR count). The summed E-state index contributed by atoms with van der Waals surface area (Å²) in [7, 11) is 0. The first-order chi connectivity index (χ1) is 12.5. The first kappa shape index (κ1) is 18.0.